The van der Waals surface area contributed by atoms with Gasteiger partial charge >= 0.3 is 0 Å². The average Bonchev–Trinajstić information content (AvgIpc) is 3.37. The molecular formula is C18H27FN4O2. The number of halogens is 1. The second-order valence-corrected chi connectivity index (χ2v) is 7.19. The van der Waals surface area contributed by atoms with Crippen LogP contribution < -0.4 is 16.2 Å². The Morgan fingerprint density at radius 3 is 2.44 bits per heavy atom. The predicted molar refractivity (Wildman–Crippen MR) is 93.1 cm³/mol. The molecule has 1 amide bonds. The largest absolute Gasteiger partial charge is 0.387 e. The van der Waals surface area contributed by atoms with Crippen molar-refractivity contribution in [1.29, 1.82) is 0 Å². The number of rotatable bonds is 7. The lowest BCUT2D eigenvalue weighted by atomic mass is 10.1. The van der Waals surface area contributed by atoms with Crippen molar-refractivity contribution in [3.8, 4) is 0 Å². The van der Waals surface area contributed by atoms with Gasteiger partial charge in [-0.1, -0.05) is 12.1 Å². The van der Waals surface area contributed by atoms with Crippen molar-refractivity contribution in [3.05, 3.63) is 35.6 Å². The molecule has 3 atom stereocenters. The van der Waals surface area contributed by atoms with Crippen LogP contribution in [0.15, 0.2) is 24.3 Å². The van der Waals surface area contributed by atoms with Crippen LogP contribution in [-0.2, 0) is 4.79 Å². The van der Waals surface area contributed by atoms with Crippen molar-refractivity contribution in [2.75, 3.05) is 13.1 Å². The first kappa shape index (κ1) is 18.3. The summed E-state index contributed by atoms with van der Waals surface area (Å²) in [5.41, 5.74) is 6.91. The molecule has 25 heavy (non-hydrogen) atoms. The molecule has 1 aliphatic heterocycles. The van der Waals surface area contributed by atoms with E-state index in [0.717, 1.165) is 12.8 Å². The third-order valence-corrected chi connectivity index (χ3v) is 5.02. The molecular weight excluding hydrogens is 323 g/mol. The van der Waals surface area contributed by atoms with Gasteiger partial charge in [-0.3, -0.25) is 20.5 Å². The smallest absolute Gasteiger partial charge is 0.234 e. The Bertz CT molecular complexity index is 583. The Balaban J connectivity index is 1.56. The van der Waals surface area contributed by atoms with Crippen LogP contribution in [0.3, 0.4) is 0 Å². The van der Waals surface area contributed by atoms with Gasteiger partial charge in [0.15, 0.2) is 0 Å². The molecule has 7 heteroatoms. The van der Waals surface area contributed by atoms with Gasteiger partial charge in [-0.25, -0.2) is 4.39 Å². The molecule has 1 heterocycles. The van der Waals surface area contributed by atoms with Crippen LogP contribution in [-0.4, -0.2) is 53.2 Å². The van der Waals surface area contributed by atoms with E-state index >= 15 is 0 Å². The van der Waals surface area contributed by atoms with Crippen LogP contribution >= 0.6 is 0 Å². The lowest BCUT2D eigenvalue weighted by molar-refractivity contribution is -0.123. The van der Waals surface area contributed by atoms with Crippen LogP contribution in [0.2, 0.25) is 0 Å². The van der Waals surface area contributed by atoms with E-state index in [1.807, 2.05) is 18.7 Å². The highest BCUT2D eigenvalue weighted by molar-refractivity contribution is 5.78. The minimum atomic E-state index is -0.735. The van der Waals surface area contributed by atoms with Crippen molar-refractivity contribution < 1.29 is 14.3 Å². The van der Waals surface area contributed by atoms with Crippen molar-refractivity contribution in [3.63, 3.8) is 0 Å². The molecule has 4 N–H and O–H groups in total. The van der Waals surface area contributed by atoms with E-state index in [1.165, 1.54) is 12.1 Å². The molecule has 2 fully saturated rings. The Kier molecular flexibility index (Phi) is 5.68. The van der Waals surface area contributed by atoms with Gasteiger partial charge in [0, 0.05) is 24.7 Å². The number of amides is 1. The fourth-order valence-corrected chi connectivity index (χ4v) is 3.34. The number of carbonyl (C=O) groups excluding carboxylic acids is 1. The second-order valence-electron chi connectivity index (χ2n) is 7.19. The number of hydrogen-bond donors (Lipinski definition) is 4. The third-order valence-electron chi connectivity index (χ3n) is 5.02. The zero-order valence-electron chi connectivity index (χ0n) is 14.7. The molecule has 138 valence electrons. The lowest BCUT2D eigenvalue weighted by Crippen LogP contribution is -2.50. The monoisotopic (exact) mass is 350 g/mol. The van der Waals surface area contributed by atoms with Gasteiger partial charge < -0.3 is 10.4 Å². The summed E-state index contributed by atoms with van der Waals surface area (Å²) in [7, 11) is 0. The van der Waals surface area contributed by atoms with Crippen LogP contribution in [0, 0.1) is 5.82 Å². The van der Waals surface area contributed by atoms with E-state index in [4.69, 9.17) is 0 Å². The van der Waals surface area contributed by atoms with Gasteiger partial charge in [-0.15, -0.1) is 0 Å². The first-order valence-corrected chi connectivity index (χ1v) is 8.92. The third kappa shape index (κ3) is 4.76. The molecule has 3 rings (SSSR count). The maximum Gasteiger partial charge on any atom is 0.234 e. The maximum absolute atomic E-state index is 13.0. The summed E-state index contributed by atoms with van der Waals surface area (Å²) < 4.78 is 13.0. The van der Waals surface area contributed by atoms with E-state index in [0.29, 0.717) is 18.2 Å². The van der Waals surface area contributed by atoms with Gasteiger partial charge in [0.1, 0.15) is 5.82 Å². The first-order chi connectivity index (χ1) is 11.9. The Hall–Kier alpha value is -1.54. The molecule has 1 aromatic rings. The zero-order valence-corrected chi connectivity index (χ0v) is 14.7. The highest BCUT2D eigenvalue weighted by Gasteiger charge is 2.34. The topological polar surface area (TPSA) is 76.6 Å². The number of carbonyl (C=O) groups is 1. The molecule has 1 saturated heterocycles. The van der Waals surface area contributed by atoms with Crippen molar-refractivity contribution in [2.24, 2.45) is 0 Å². The number of hydrogen-bond acceptors (Lipinski definition) is 5. The fraction of sp³-hybridized carbons (Fsp3) is 0.611. The van der Waals surface area contributed by atoms with Gasteiger partial charge in [0.2, 0.25) is 5.91 Å². The predicted octanol–water partition coefficient (Wildman–Crippen LogP) is 0.693. The molecule has 0 radical (unpaired) electrons. The van der Waals surface area contributed by atoms with Crippen LogP contribution in [0.25, 0.3) is 0 Å². The number of hydrazine groups is 1. The molecule has 1 aromatic carbocycles. The maximum atomic E-state index is 13.0. The minimum absolute atomic E-state index is 0.0348. The first-order valence-electron chi connectivity index (χ1n) is 8.92. The second kappa shape index (κ2) is 7.78. The lowest BCUT2D eigenvalue weighted by Gasteiger charge is -2.26. The quantitative estimate of drug-likeness (QED) is 0.582. The normalized spacial score (nSPS) is 27.5. The summed E-state index contributed by atoms with van der Waals surface area (Å²) >= 11 is 0. The summed E-state index contributed by atoms with van der Waals surface area (Å²) in [5, 5.41) is 13.5. The van der Waals surface area contributed by atoms with Crippen molar-refractivity contribution in [1.82, 2.24) is 21.1 Å². The van der Waals surface area contributed by atoms with Crippen molar-refractivity contribution in [2.45, 2.75) is 57.0 Å². The van der Waals surface area contributed by atoms with Gasteiger partial charge in [0.25, 0.3) is 0 Å². The van der Waals surface area contributed by atoms with Crippen LogP contribution in [0.4, 0.5) is 4.39 Å². The Morgan fingerprint density at radius 1 is 1.28 bits per heavy atom. The molecule has 0 bridgehead atoms. The van der Waals surface area contributed by atoms with E-state index in [-0.39, 0.29) is 36.4 Å². The number of benzene rings is 1. The molecule has 2 aliphatic rings. The summed E-state index contributed by atoms with van der Waals surface area (Å²) in [6.07, 6.45) is 1.35. The van der Waals surface area contributed by atoms with Gasteiger partial charge in [0.05, 0.1) is 18.7 Å². The molecule has 6 nitrogen and oxygen atoms in total. The van der Waals surface area contributed by atoms with E-state index in [1.54, 1.807) is 12.1 Å². The number of nitrogens with one attached hydrogen (secondary N) is 3. The highest BCUT2D eigenvalue weighted by atomic mass is 19.1. The summed E-state index contributed by atoms with van der Waals surface area (Å²) in [5.74, 6) is -0.358. The van der Waals surface area contributed by atoms with E-state index in [2.05, 4.69) is 16.2 Å². The van der Waals surface area contributed by atoms with Crippen LogP contribution in [0.5, 0.6) is 0 Å². The average molecular weight is 350 g/mol. The van der Waals surface area contributed by atoms with E-state index < -0.39 is 6.10 Å². The van der Waals surface area contributed by atoms with E-state index in [9.17, 15) is 14.3 Å². The summed E-state index contributed by atoms with van der Waals surface area (Å²) in [4.78, 5) is 14.5. The molecule has 1 aliphatic carbocycles. The standard InChI is InChI=1S/C18H27FN4O2/c1-11-18(12(2)22-21-11)20-17(25)10-23(15-7-8-15)9-16(24)13-3-5-14(19)6-4-13/h3-6,11-12,15-16,18,21-22,24H,7-10H2,1-2H3,(H,20,25). The molecule has 1 saturated carbocycles. The highest BCUT2D eigenvalue weighted by Crippen LogP contribution is 2.28. The van der Waals surface area contributed by atoms with Crippen molar-refractivity contribution >= 4 is 5.91 Å². The number of aliphatic hydroxyl groups is 1. The SMILES string of the molecule is CC1NNC(C)C1NC(=O)CN(CC(O)c1ccc(F)cc1)C1CC1. The number of aliphatic hydroxyl groups excluding tert-OH is 1. The van der Waals surface area contributed by atoms with Gasteiger partial charge in [-0.05, 0) is 44.4 Å². The van der Waals surface area contributed by atoms with Gasteiger partial charge in [-0.2, -0.15) is 0 Å². The molecule has 0 spiro atoms. The summed E-state index contributed by atoms with van der Waals surface area (Å²) in [6.45, 7) is 4.69. The fourth-order valence-electron chi connectivity index (χ4n) is 3.34. The zero-order chi connectivity index (χ0) is 18.0. The Morgan fingerprint density at radius 2 is 1.88 bits per heavy atom. The molecule has 3 unspecified atom stereocenters. The van der Waals surface area contributed by atoms with Crippen LogP contribution in [0.1, 0.15) is 38.4 Å². The summed E-state index contributed by atoms with van der Waals surface area (Å²) in [6, 6.07) is 6.57. The Labute approximate surface area is 147 Å². The molecule has 0 aromatic heterocycles. The number of nitrogens with zero attached hydrogens (tertiary/aromatic N) is 1. The minimum Gasteiger partial charge on any atom is -0.387 e.